The monoisotopic (exact) mass is 610 g/mol. The van der Waals surface area contributed by atoms with E-state index in [1.165, 1.54) is 17.7 Å². The van der Waals surface area contributed by atoms with E-state index in [1.807, 2.05) is 4.72 Å². The normalized spacial score (nSPS) is 17.5. The Kier molecular flexibility index (Phi) is 7.86. The SMILES string of the molecule is NC1CCC(Nc2ncnc3c(C(=O)Nc4c(Cl)ccc(NS(=O)(=O)c5cc(F)ccc5F)c4F)csc23)CC1. The van der Waals surface area contributed by atoms with Gasteiger partial charge in [-0.15, -0.1) is 11.3 Å². The van der Waals surface area contributed by atoms with Crippen LogP contribution in [0.1, 0.15) is 36.0 Å². The summed E-state index contributed by atoms with van der Waals surface area (Å²) in [6, 6.07) is 4.34. The number of hydrogen-bond donors (Lipinski definition) is 4. The minimum atomic E-state index is -4.73. The molecule has 9 nitrogen and oxygen atoms in total. The fourth-order valence-corrected chi connectivity index (χ4v) is 6.68. The quantitative estimate of drug-likeness (QED) is 0.217. The number of carbonyl (C=O) groups is 1. The molecule has 0 spiro atoms. The smallest absolute Gasteiger partial charge is 0.265 e. The van der Waals surface area contributed by atoms with Crippen LogP contribution in [0.4, 0.5) is 30.4 Å². The summed E-state index contributed by atoms with van der Waals surface area (Å²) in [6.45, 7) is 0. The number of halogens is 4. The van der Waals surface area contributed by atoms with E-state index in [-0.39, 0.29) is 22.7 Å². The van der Waals surface area contributed by atoms with Crippen LogP contribution in [0.2, 0.25) is 5.02 Å². The average molecular weight is 611 g/mol. The van der Waals surface area contributed by atoms with E-state index in [1.54, 1.807) is 5.38 Å². The molecule has 210 valence electrons. The minimum Gasteiger partial charge on any atom is -0.366 e. The Balaban J connectivity index is 1.39. The Hall–Kier alpha value is -3.46. The van der Waals surface area contributed by atoms with Crippen LogP contribution in [0, 0.1) is 17.5 Å². The van der Waals surface area contributed by atoms with Gasteiger partial charge < -0.3 is 16.4 Å². The summed E-state index contributed by atoms with van der Waals surface area (Å²) < 4.78 is 70.8. The van der Waals surface area contributed by atoms with Crippen molar-refractivity contribution in [2.24, 2.45) is 5.73 Å². The first-order chi connectivity index (χ1) is 19.0. The molecule has 1 fully saturated rings. The van der Waals surface area contributed by atoms with Crippen molar-refractivity contribution < 1.29 is 26.4 Å². The fourth-order valence-electron chi connectivity index (χ4n) is 4.38. The fraction of sp³-hybridized carbons (Fsp3) is 0.240. The van der Waals surface area contributed by atoms with Crippen molar-refractivity contribution in [3.8, 4) is 0 Å². The molecule has 1 amide bonds. The Morgan fingerprint density at radius 2 is 1.82 bits per heavy atom. The van der Waals surface area contributed by atoms with Crippen molar-refractivity contribution in [1.29, 1.82) is 0 Å². The highest BCUT2D eigenvalue weighted by molar-refractivity contribution is 7.92. The average Bonchev–Trinajstić information content (AvgIpc) is 3.36. The molecule has 4 aromatic rings. The largest absolute Gasteiger partial charge is 0.366 e. The van der Waals surface area contributed by atoms with E-state index in [2.05, 4.69) is 20.6 Å². The van der Waals surface area contributed by atoms with Gasteiger partial charge in [0.2, 0.25) is 0 Å². The predicted octanol–water partition coefficient (Wildman–Crippen LogP) is 5.50. The molecule has 40 heavy (non-hydrogen) atoms. The van der Waals surface area contributed by atoms with E-state index < -0.39 is 49.7 Å². The van der Waals surface area contributed by atoms with Gasteiger partial charge in [0.1, 0.15) is 28.7 Å². The standard InChI is InChI=1S/C25H22ClF3N6O3S2/c26-16-6-8-18(35-40(37,38)19-9-12(27)1-7-17(19)28)20(29)22(16)34-25(36)15-10-39-23-21(15)31-11-32-24(23)33-14-4-2-13(30)3-5-14/h1,6-11,13-14,35H,2-5,30H2,(H,34,36)(H,31,32,33). The molecule has 2 aromatic carbocycles. The van der Waals surface area contributed by atoms with E-state index in [0.717, 1.165) is 43.9 Å². The first-order valence-electron chi connectivity index (χ1n) is 12.0. The van der Waals surface area contributed by atoms with Crippen molar-refractivity contribution >= 4 is 66.3 Å². The van der Waals surface area contributed by atoms with Crippen molar-refractivity contribution in [1.82, 2.24) is 9.97 Å². The summed E-state index contributed by atoms with van der Waals surface area (Å²) in [5, 5.41) is 7.07. The van der Waals surface area contributed by atoms with Crippen LogP contribution in [-0.2, 0) is 10.0 Å². The van der Waals surface area contributed by atoms with E-state index in [4.69, 9.17) is 17.3 Å². The topological polar surface area (TPSA) is 139 Å². The second-order valence-corrected chi connectivity index (χ2v) is 12.2. The zero-order valence-corrected chi connectivity index (χ0v) is 22.9. The van der Waals surface area contributed by atoms with Gasteiger partial charge >= 0.3 is 0 Å². The Morgan fingerprint density at radius 3 is 2.58 bits per heavy atom. The molecule has 2 aromatic heterocycles. The maximum Gasteiger partial charge on any atom is 0.265 e. The molecule has 0 aliphatic heterocycles. The molecule has 0 atom stereocenters. The Morgan fingerprint density at radius 1 is 1.07 bits per heavy atom. The molecule has 1 aliphatic rings. The van der Waals surface area contributed by atoms with Crippen molar-refractivity contribution in [2.75, 3.05) is 15.4 Å². The number of nitrogens with two attached hydrogens (primary N) is 1. The molecule has 1 saturated carbocycles. The third-order valence-electron chi connectivity index (χ3n) is 6.47. The third kappa shape index (κ3) is 5.70. The number of rotatable bonds is 7. The van der Waals surface area contributed by atoms with Gasteiger partial charge in [0.05, 0.1) is 32.2 Å². The van der Waals surface area contributed by atoms with Gasteiger partial charge in [0.25, 0.3) is 15.9 Å². The second-order valence-electron chi connectivity index (χ2n) is 9.22. The number of amides is 1. The van der Waals surface area contributed by atoms with Crippen LogP contribution in [0.3, 0.4) is 0 Å². The molecule has 1 aliphatic carbocycles. The van der Waals surface area contributed by atoms with Gasteiger partial charge in [-0.3, -0.25) is 9.52 Å². The molecular formula is C25H22ClF3N6O3S2. The van der Waals surface area contributed by atoms with Crippen molar-refractivity contribution in [3.05, 3.63) is 70.1 Å². The number of thiophene rings is 1. The zero-order chi connectivity index (χ0) is 28.6. The van der Waals surface area contributed by atoms with Gasteiger partial charge in [-0.2, -0.15) is 0 Å². The van der Waals surface area contributed by atoms with Crippen LogP contribution in [0.25, 0.3) is 10.2 Å². The molecule has 0 bridgehead atoms. The summed E-state index contributed by atoms with van der Waals surface area (Å²) in [6.07, 6.45) is 4.87. The Labute approximate surface area is 236 Å². The summed E-state index contributed by atoms with van der Waals surface area (Å²) in [7, 11) is -4.73. The predicted molar refractivity (Wildman–Crippen MR) is 148 cm³/mol. The first-order valence-corrected chi connectivity index (χ1v) is 14.8. The third-order valence-corrected chi connectivity index (χ3v) is 9.14. The van der Waals surface area contributed by atoms with Gasteiger partial charge in [0, 0.05) is 17.5 Å². The maximum atomic E-state index is 15.4. The summed E-state index contributed by atoms with van der Waals surface area (Å²) in [4.78, 5) is 20.7. The highest BCUT2D eigenvalue weighted by atomic mass is 35.5. The van der Waals surface area contributed by atoms with E-state index >= 15 is 4.39 Å². The number of anilines is 3. The van der Waals surface area contributed by atoms with Gasteiger partial charge in [0.15, 0.2) is 5.82 Å². The van der Waals surface area contributed by atoms with Gasteiger partial charge in [-0.05, 0) is 56.0 Å². The number of carbonyl (C=O) groups excluding carboxylic acids is 1. The number of sulfonamides is 1. The lowest BCUT2D eigenvalue weighted by Crippen LogP contribution is -2.33. The molecule has 15 heteroatoms. The van der Waals surface area contributed by atoms with Crippen LogP contribution in [0.5, 0.6) is 0 Å². The molecule has 2 heterocycles. The second kappa shape index (κ2) is 11.2. The van der Waals surface area contributed by atoms with Crippen LogP contribution < -0.4 is 21.1 Å². The lowest BCUT2D eigenvalue weighted by Gasteiger charge is -2.27. The molecule has 5 rings (SSSR count). The number of nitrogens with zero attached hydrogens (tertiary/aromatic N) is 2. The van der Waals surface area contributed by atoms with Crippen LogP contribution in [-0.4, -0.2) is 36.4 Å². The number of aromatic nitrogens is 2. The van der Waals surface area contributed by atoms with Crippen LogP contribution >= 0.6 is 22.9 Å². The Bertz CT molecular complexity index is 1710. The molecular weight excluding hydrogens is 589 g/mol. The first kappa shape index (κ1) is 28.1. The highest BCUT2D eigenvalue weighted by Crippen LogP contribution is 2.35. The van der Waals surface area contributed by atoms with Gasteiger partial charge in [-0.1, -0.05) is 11.6 Å². The molecule has 0 unspecified atom stereocenters. The lowest BCUT2D eigenvalue weighted by atomic mass is 9.92. The molecule has 0 saturated heterocycles. The summed E-state index contributed by atoms with van der Waals surface area (Å²) in [5.41, 5.74) is 5.29. The van der Waals surface area contributed by atoms with Crippen LogP contribution in [0.15, 0.2) is 46.9 Å². The van der Waals surface area contributed by atoms with Crippen molar-refractivity contribution in [3.63, 3.8) is 0 Å². The van der Waals surface area contributed by atoms with E-state index in [0.29, 0.717) is 28.2 Å². The number of nitrogens with one attached hydrogen (secondary N) is 3. The summed E-state index contributed by atoms with van der Waals surface area (Å²) >= 11 is 7.35. The number of benzene rings is 2. The maximum absolute atomic E-state index is 15.4. The zero-order valence-electron chi connectivity index (χ0n) is 20.5. The van der Waals surface area contributed by atoms with E-state index in [9.17, 15) is 22.0 Å². The number of hydrogen-bond acceptors (Lipinski definition) is 8. The lowest BCUT2D eigenvalue weighted by molar-refractivity contribution is 0.102. The number of fused-ring (bicyclic) bond motifs is 1. The minimum absolute atomic E-state index is 0.124. The molecule has 0 radical (unpaired) electrons. The highest BCUT2D eigenvalue weighted by Gasteiger charge is 2.26. The summed E-state index contributed by atoms with van der Waals surface area (Å²) in [5.74, 6) is -3.65. The van der Waals surface area contributed by atoms with Crippen molar-refractivity contribution in [2.45, 2.75) is 42.7 Å². The molecule has 5 N–H and O–H groups in total. The van der Waals surface area contributed by atoms with Gasteiger partial charge in [-0.25, -0.2) is 31.6 Å².